The van der Waals surface area contributed by atoms with Gasteiger partial charge in [-0.25, -0.2) is 4.98 Å². The average Bonchev–Trinajstić information content (AvgIpc) is 2.92. The molecule has 0 fully saturated rings. The van der Waals surface area contributed by atoms with Crippen molar-refractivity contribution in [3.63, 3.8) is 0 Å². The lowest BCUT2D eigenvalue weighted by Gasteiger charge is -2.14. The average molecular weight is 317 g/mol. The van der Waals surface area contributed by atoms with Gasteiger partial charge in [0.2, 0.25) is 5.91 Å². The minimum absolute atomic E-state index is 0.120. The fraction of sp³-hybridized carbons (Fsp3) is 0.267. The zero-order valence-electron chi connectivity index (χ0n) is 12.0. The van der Waals surface area contributed by atoms with Crippen molar-refractivity contribution in [2.24, 2.45) is 0 Å². The van der Waals surface area contributed by atoms with E-state index in [-0.39, 0.29) is 23.9 Å². The number of rotatable bonds is 4. The SMILES string of the molecule is COc1ccccc1NC(=O)CC1CSc2nccc(=O)n21. The number of thioether (sulfide) groups is 1. The highest BCUT2D eigenvalue weighted by Crippen LogP contribution is 2.32. The van der Waals surface area contributed by atoms with Crippen LogP contribution < -0.4 is 15.6 Å². The van der Waals surface area contributed by atoms with Crippen LogP contribution in [0.25, 0.3) is 0 Å². The molecular weight excluding hydrogens is 302 g/mol. The van der Waals surface area contributed by atoms with E-state index >= 15 is 0 Å². The third kappa shape index (κ3) is 2.85. The molecule has 114 valence electrons. The van der Waals surface area contributed by atoms with Crippen molar-refractivity contribution in [1.82, 2.24) is 9.55 Å². The summed E-state index contributed by atoms with van der Waals surface area (Å²) in [5.41, 5.74) is 0.504. The zero-order valence-corrected chi connectivity index (χ0v) is 12.8. The predicted octanol–water partition coefficient (Wildman–Crippen LogP) is 1.93. The summed E-state index contributed by atoms with van der Waals surface area (Å²) in [7, 11) is 1.56. The van der Waals surface area contributed by atoms with Crippen LogP contribution in [-0.2, 0) is 4.79 Å². The minimum Gasteiger partial charge on any atom is -0.495 e. The van der Waals surface area contributed by atoms with Gasteiger partial charge < -0.3 is 10.1 Å². The third-order valence-electron chi connectivity index (χ3n) is 3.42. The smallest absolute Gasteiger partial charge is 0.254 e. The van der Waals surface area contributed by atoms with E-state index in [0.29, 0.717) is 22.3 Å². The molecule has 7 heteroatoms. The van der Waals surface area contributed by atoms with Gasteiger partial charge in [0, 0.05) is 24.4 Å². The fourth-order valence-electron chi connectivity index (χ4n) is 2.40. The van der Waals surface area contributed by atoms with E-state index in [1.807, 2.05) is 12.1 Å². The lowest BCUT2D eigenvalue weighted by Crippen LogP contribution is -2.26. The van der Waals surface area contributed by atoms with Gasteiger partial charge in [0.15, 0.2) is 5.16 Å². The molecule has 0 bridgehead atoms. The molecule has 2 heterocycles. The molecule has 1 unspecified atom stereocenters. The first kappa shape index (κ1) is 14.6. The number of fused-ring (bicyclic) bond motifs is 1. The number of ether oxygens (including phenoxy) is 1. The number of carbonyl (C=O) groups is 1. The topological polar surface area (TPSA) is 73.2 Å². The van der Waals surface area contributed by atoms with E-state index < -0.39 is 0 Å². The van der Waals surface area contributed by atoms with Gasteiger partial charge in [0.05, 0.1) is 18.8 Å². The Hall–Kier alpha value is -2.28. The highest BCUT2D eigenvalue weighted by molar-refractivity contribution is 7.99. The maximum absolute atomic E-state index is 12.2. The van der Waals surface area contributed by atoms with Gasteiger partial charge in [-0.2, -0.15) is 0 Å². The molecule has 0 saturated carbocycles. The van der Waals surface area contributed by atoms with Crippen LogP contribution in [0.4, 0.5) is 5.69 Å². The Labute approximate surface area is 131 Å². The standard InChI is InChI=1S/C15H15N3O3S/c1-21-12-5-3-2-4-11(12)17-13(19)8-10-9-22-15-16-7-6-14(20)18(10)15/h2-7,10H,8-9H2,1H3,(H,17,19). The first-order chi connectivity index (χ1) is 10.7. The Kier molecular flexibility index (Phi) is 4.15. The molecule has 0 radical (unpaired) electrons. The molecule has 1 atom stereocenters. The maximum atomic E-state index is 12.2. The predicted molar refractivity (Wildman–Crippen MR) is 84.5 cm³/mol. The minimum atomic E-state index is -0.170. The van der Waals surface area contributed by atoms with Crippen molar-refractivity contribution in [2.75, 3.05) is 18.2 Å². The lowest BCUT2D eigenvalue weighted by atomic mass is 10.2. The number of benzene rings is 1. The van der Waals surface area contributed by atoms with Crippen LogP contribution in [0.15, 0.2) is 46.5 Å². The Morgan fingerprint density at radius 1 is 1.45 bits per heavy atom. The molecule has 22 heavy (non-hydrogen) atoms. The first-order valence-electron chi connectivity index (χ1n) is 6.82. The Bertz CT molecular complexity index is 760. The van der Waals surface area contributed by atoms with Gasteiger partial charge >= 0.3 is 0 Å². The molecular formula is C15H15N3O3S. The molecule has 1 aromatic carbocycles. The maximum Gasteiger partial charge on any atom is 0.254 e. The second-order valence-electron chi connectivity index (χ2n) is 4.85. The van der Waals surface area contributed by atoms with E-state index in [0.717, 1.165) is 0 Å². The number of anilines is 1. The third-order valence-corrected chi connectivity index (χ3v) is 4.53. The van der Waals surface area contributed by atoms with Crippen molar-refractivity contribution in [3.8, 4) is 5.75 Å². The van der Waals surface area contributed by atoms with Gasteiger partial charge in [0.25, 0.3) is 5.56 Å². The van der Waals surface area contributed by atoms with Crippen LogP contribution in [0.3, 0.4) is 0 Å². The first-order valence-corrected chi connectivity index (χ1v) is 7.81. The monoisotopic (exact) mass is 317 g/mol. The molecule has 0 aliphatic carbocycles. The van der Waals surface area contributed by atoms with E-state index in [4.69, 9.17) is 4.74 Å². The molecule has 0 spiro atoms. The van der Waals surface area contributed by atoms with Gasteiger partial charge in [-0.3, -0.25) is 14.2 Å². The molecule has 1 aliphatic heterocycles. The van der Waals surface area contributed by atoms with E-state index in [1.165, 1.54) is 24.0 Å². The Morgan fingerprint density at radius 2 is 2.27 bits per heavy atom. The van der Waals surface area contributed by atoms with Crippen LogP contribution in [0, 0.1) is 0 Å². The highest BCUT2D eigenvalue weighted by atomic mass is 32.2. The number of aromatic nitrogens is 2. The highest BCUT2D eigenvalue weighted by Gasteiger charge is 2.26. The lowest BCUT2D eigenvalue weighted by molar-refractivity contribution is -0.116. The summed E-state index contributed by atoms with van der Waals surface area (Å²) in [4.78, 5) is 28.3. The summed E-state index contributed by atoms with van der Waals surface area (Å²) in [6.45, 7) is 0. The summed E-state index contributed by atoms with van der Waals surface area (Å²) in [5, 5.41) is 3.50. The number of hydrogen-bond donors (Lipinski definition) is 1. The van der Waals surface area contributed by atoms with Gasteiger partial charge in [-0.1, -0.05) is 23.9 Å². The molecule has 1 N–H and O–H groups in total. The fourth-order valence-corrected chi connectivity index (χ4v) is 3.53. The number of nitrogens with zero attached hydrogens (tertiary/aromatic N) is 2. The van der Waals surface area contributed by atoms with Crippen molar-refractivity contribution in [3.05, 3.63) is 46.9 Å². The molecule has 1 aromatic heterocycles. The molecule has 6 nitrogen and oxygen atoms in total. The van der Waals surface area contributed by atoms with Crippen molar-refractivity contribution in [2.45, 2.75) is 17.6 Å². The van der Waals surface area contributed by atoms with Crippen LogP contribution >= 0.6 is 11.8 Å². The second kappa shape index (κ2) is 6.23. The van der Waals surface area contributed by atoms with E-state index in [1.54, 1.807) is 23.8 Å². The second-order valence-corrected chi connectivity index (χ2v) is 5.84. The van der Waals surface area contributed by atoms with Gasteiger partial charge in [-0.15, -0.1) is 0 Å². The Balaban J connectivity index is 1.73. The quantitative estimate of drug-likeness (QED) is 0.872. The number of methoxy groups -OCH3 is 1. The number of carbonyl (C=O) groups excluding carboxylic acids is 1. The summed E-state index contributed by atoms with van der Waals surface area (Å²) in [6.07, 6.45) is 1.72. The van der Waals surface area contributed by atoms with Crippen molar-refractivity contribution in [1.29, 1.82) is 0 Å². The van der Waals surface area contributed by atoms with Crippen LogP contribution in [0.2, 0.25) is 0 Å². The number of hydrogen-bond acceptors (Lipinski definition) is 5. The van der Waals surface area contributed by atoms with Crippen molar-refractivity contribution < 1.29 is 9.53 Å². The molecule has 1 amide bonds. The van der Waals surface area contributed by atoms with Crippen LogP contribution in [0.5, 0.6) is 5.75 Å². The largest absolute Gasteiger partial charge is 0.495 e. The molecule has 0 saturated heterocycles. The Morgan fingerprint density at radius 3 is 3.09 bits per heavy atom. The summed E-state index contributed by atoms with van der Waals surface area (Å²) < 4.78 is 6.80. The van der Waals surface area contributed by atoms with Crippen LogP contribution in [0.1, 0.15) is 12.5 Å². The summed E-state index contributed by atoms with van der Waals surface area (Å²) in [6, 6.07) is 8.47. The van der Waals surface area contributed by atoms with Crippen LogP contribution in [-0.4, -0.2) is 28.3 Å². The summed E-state index contributed by atoms with van der Waals surface area (Å²) in [5.74, 6) is 1.13. The number of nitrogens with one attached hydrogen (secondary N) is 1. The molecule has 1 aliphatic rings. The molecule has 3 rings (SSSR count). The van der Waals surface area contributed by atoms with E-state index in [9.17, 15) is 9.59 Å². The van der Waals surface area contributed by atoms with Gasteiger partial charge in [0.1, 0.15) is 5.75 Å². The summed E-state index contributed by atoms with van der Waals surface area (Å²) >= 11 is 1.49. The van der Waals surface area contributed by atoms with Crippen molar-refractivity contribution >= 4 is 23.4 Å². The number of amides is 1. The zero-order chi connectivity index (χ0) is 15.5. The normalized spacial score (nSPS) is 16.1. The van der Waals surface area contributed by atoms with E-state index in [2.05, 4.69) is 10.3 Å². The number of para-hydroxylation sites is 2. The molecule has 2 aromatic rings. The van der Waals surface area contributed by atoms with Gasteiger partial charge in [-0.05, 0) is 12.1 Å².